The van der Waals surface area contributed by atoms with E-state index in [-0.39, 0.29) is 34.0 Å². The Morgan fingerprint density at radius 3 is 2.44 bits per heavy atom. The summed E-state index contributed by atoms with van der Waals surface area (Å²) in [5, 5.41) is 18.0. The SMILES string of the molecule is CO[C@H]1C(n2cc(-c3cc(F)c(F)c(F)c3)nn2)[C@@H](OC(C)=O)C(COC(C)=O)O[C@@H]1Sc1cc(Cl)c(C#N)nc1N1CC2(COC2)C1. The largest absolute Gasteiger partial charge is 0.463 e. The number of nitriles is 1. The second-order valence-electron chi connectivity index (χ2n) is 11.7. The molecule has 1 spiro atoms. The number of hydrogen-bond acceptors (Lipinski definition) is 13. The Morgan fingerprint density at radius 1 is 1.15 bits per heavy atom. The summed E-state index contributed by atoms with van der Waals surface area (Å²) < 4.78 is 71.8. The molecular weight excluding hydrogens is 681 g/mol. The third-order valence-corrected chi connectivity index (χ3v) is 9.63. The van der Waals surface area contributed by atoms with E-state index in [1.807, 2.05) is 11.0 Å². The first kappa shape index (κ1) is 33.9. The molecule has 18 heteroatoms. The van der Waals surface area contributed by atoms with Gasteiger partial charge in [-0.25, -0.2) is 22.8 Å². The molecule has 2 aromatic heterocycles. The number of carbonyl (C=O) groups excluding carboxylic acids is 2. The van der Waals surface area contributed by atoms with E-state index in [0.29, 0.717) is 37.0 Å². The molecule has 2 unspecified atom stereocenters. The molecule has 0 amide bonds. The first-order valence-corrected chi connectivity index (χ1v) is 15.8. The van der Waals surface area contributed by atoms with E-state index in [1.54, 1.807) is 6.07 Å². The van der Waals surface area contributed by atoms with E-state index in [2.05, 4.69) is 15.3 Å². The minimum absolute atomic E-state index is 0.0189. The molecule has 0 saturated carbocycles. The van der Waals surface area contributed by atoms with Crippen LogP contribution in [0.2, 0.25) is 5.02 Å². The van der Waals surface area contributed by atoms with Crippen molar-refractivity contribution in [1.82, 2.24) is 20.0 Å². The van der Waals surface area contributed by atoms with Gasteiger partial charge in [-0.3, -0.25) is 9.59 Å². The Balaban J connectivity index is 1.39. The lowest BCUT2D eigenvalue weighted by Gasteiger charge is -2.55. The summed E-state index contributed by atoms with van der Waals surface area (Å²) in [5.74, 6) is -5.28. The van der Waals surface area contributed by atoms with Crippen molar-refractivity contribution < 1.29 is 46.4 Å². The summed E-state index contributed by atoms with van der Waals surface area (Å²) in [4.78, 5) is 31.3. The predicted molar refractivity (Wildman–Crippen MR) is 161 cm³/mol. The lowest BCUT2D eigenvalue weighted by molar-refractivity contribution is -0.208. The fourth-order valence-corrected chi connectivity index (χ4v) is 7.52. The van der Waals surface area contributed by atoms with Gasteiger partial charge in [0.05, 0.1) is 34.7 Å². The van der Waals surface area contributed by atoms with Crippen molar-refractivity contribution in [1.29, 1.82) is 5.26 Å². The van der Waals surface area contributed by atoms with E-state index in [1.165, 1.54) is 43.6 Å². The lowest BCUT2D eigenvalue weighted by Crippen LogP contribution is -2.66. The van der Waals surface area contributed by atoms with Gasteiger partial charge in [0.1, 0.15) is 47.9 Å². The van der Waals surface area contributed by atoms with Gasteiger partial charge in [0.2, 0.25) is 0 Å². The zero-order chi connectivity index (χ0) is 34.3. The van der Waals surface area contributed by atoms with E-state index in [9.17, 15) is 28.0 Å². The molecule has 254 valence electrons. The number of hydrogen-bond donors (Lipinski definition) is 0. The third kappa shape index (κ3) is 6.54. The van der Waals surface area contributed by atoms with E-state index in [4.69, 9.17) is 35.3 Å². The number of methoxy groups -OCH3 is 1. The molecule has 13 nitrogen and oxygen atoms in total. The first-order valence-electron chi connectivity index (χ1n) is 14.6. The quantitative estimate of drug-likeness (QED) is 0.235. The van der Waals surface area contributed by atoms with Crippen LogP contribution in [0.5, 0.6) is 0 Å². The van der Waals surface area contributed by atoms with Crippen LogP contribution in [0, 0.1) is 34.2 Å². The van der Waals surface area contributed by atoms with E-state index < -0.39 is 59.2 Å². The number of benzene rings is 1. The topological polar surface area (TPSA) is 151 Å². The minimum Gasteiger partial charge on any atom is -0.463 e. The van der Waals surface area contributed by atoms with Crippen molar-refractivity contribution in [3.05, 3.63) is 52.6 Å². The summed E-state index contributed by atoms with van der Waals surface area (Å²) in [7, 11) is 1.40. The second-order valence-corrected chi connectivity index (χ2v) is 13.2. The number of rotatable bonds is 9. The average molecular weight is 709 g/mol. The van der Waals surface area contributed by atoms with Crippen LogP contribution in [0.25, 0.3) is 11.3 Å². The van der Waals surface area contributed by atoms with Crippen molar-refractivity contribution >= 4 is 41.1 Å². The van der Waals surface area contributed by atoms with Crippen molar-refractivity contribution in [3.8, 4) is 17.3 Å². The maximum atomic E-state index is 14.1. The molecule has 48 heavy (non-hydrogen) atoms. The van der Waals surface area contributed by atoms with Crippen LogP contribution in [0.4, 0.5) is 19.0 Å². The number of esters is 2. The number of nitrogens with zero attached hydrogens (tertiary/aromatic N) is 6. The lowest BCUT2D eigenvalue weighted by atomic mass is 9.78. The summed E-state index contributed by atoms with van der Waals surface area (Å²) in [5.41, 5.74) is -0.984. The number of aromatic nitrogens is 4. The highest BCUT2D eigenvalue weighted by Crippen LogP contribution is 2.47. The maximum Gasteiger partial charge on any atom is 0.303 e. The molecule has 1 aromatic carbocycles. The smallest absolute Gasteiger partial charge is 0.303 e. The highest BCUT2D eigenvalue weighted by atomic mass is 35.5. The molecule has 3 aliphatic heterocycles. The number of anilines is 1. The Labute approximate surface area is 281 Å². The molecule has 0 N–H and O–H groups in total. The predicted octanol–water partition coefficient (Wildman–Crippen LogP) is 3.69. The fourth-order valence-electron chi connectivity index (χ4n) is 5.94. The molecule has 3 saturated heterocycles. The van der Waals surface area contributed by atoms with Crippen LogP contribution in [-0.4, -0.2) is 95.7 Å². The van der Waals surface area contributed by atoms with Crippen LogP contribution in [-0.2, 0) is 33.3 Å². The number of pyridine rings is 1. The average Bonchev–Trinajstić information content (AvgIpc) is 3.48. The van der Waals surface area contributed by atoms with Crippen LogP contribution in [0.3, 0.4) is 0 Å². The maximum absolute atomic E-state index is 14.1. The molecule has 3 fully saturated rings. The number of halogens is 4. The van der Waals surface area contributed by atoms with Gasteiger partial charge in [0, 0.05) is 39.6 Å². The van der Waals surface area contributed by atoms with Gasteiger partial charge in [0.25, 0.3) is 0 Å². The van der Waals surface area contributed by atoms with Gasteiger partial charge >= 0.3 is 11.9 Å². The minimum atomic E-state index is -1.63. The van der Waals surface area contributed by atoms with E-state index >= 15 is 0 Å². The molecule has 6 rings (SSSR count). The van der Waals surface area contributed by atoms with Crippen molar-refractivity contribution in [2.75, 3.05) is 44.9 Å². The van der Waals surface area contributed by atoms with Crippen molar-refractivity contribution in [2.45, 2.75) is 48.5 Å². The Morgan fingerprint density at radius 2 is 1.85 bits per heavy atom. The fraction of sp³-hybridized carbons (Fsp3) is 0.467. The van der Waals surface area contributed by atoms with Gasteiger partial charge in [-0.05, 0) is 18.2 Å². The zero-order valence-corrected chi connectivity index (χ0v) is 27.3. The molecule has 5 heterocycles. The standard InChI is InChI=1S/C30H28ClF3N6O7S/c1-14(41)45-9-22-26(46-15(2)42)25(40-8-21(37-38-40)16-4-18(32)24(34)19(33)5-16)27(43-3)29(47-22)48-23-6-17(31)20(7-35)36-28(23)39-10-30(11-39)12-44-13-30/h4-6,8,22,25-27,29H,9-13H2,1-3H3/t22?,25?,26-,27-,29+/m0/s1. The van der Waals surface area contributed by atoms with E-state index in [0.717, 1.165) is 12.1 Å². The summed E-state index contributed by atoms with van der Waals surface area (Å²) >= 11 is 7.60. The summed E-state index contributed by atoms with van der Waals surface area (Å²) in [6.07, 6.45) is -1.86. The third-order valence-electron chi connectivity index (χ3n) is 8.18. The first-order chi connectivity index (χ1) is 22.9. The highest BCUT2D eigenvalue weighted by Gasteiger charge is 2.52. The summed E-state index contributed by atoms with van der Waals surface area (Å²) in [6.45, 7) is 4.60. The monoisotopic (exact) mass is 708 g/mol. The molecular formula is C30H28ClF3N6O7S. The van der Waals surface area contributed by atoms with Crippen LogP contribution in [0.1, 0.15) is 25.6 Å². The zero-order valence-electron chi connectivity index (χ0n) is 25.7. The molecule has 5 atom stereocenters. The number of carbonyl (C=O) groups is 2. The number of thioether (sulfide) groups is 1. The van der Waals surface area contributed by atoms with Crippen molar-refractivity contribution in [2.24, 2.45) is 5.41 Å². The number of ether oxygens (including phenoxy) is 5. The van der Waals surface area contributed by atoms with Gasteiger partial charge in [-0.1, -0.05) is 28.6 Å². The van der Waals surface area contributed by atoms with Crippen LogP contribution < -0.4 is 4.90 Å². The van der Waals surface area contributed by atoms with Gasteiger partial charge in [-0.15, -0.1) is 5.10 Å². The van der Waals surface area contributed by atoms with Gasteiger partial charge in [-0.2, -0.15) is 5.26 Å². The molecule has 3 aromatic rings. The molecule has 0 bridgehead atoms. The highest BCUT2D eigenvalue weighted by molar-refractivity contribution is 8.00. The Kier molecular flexibility index (Phi) is 9.55. The van der Waals surface area contributed by atoms with Crippen LogP contribution >= 0.6 is 23.4 Å². The van der Waals surface area contributed by atoms with Crippen LogP contribution in [0.15, 0.2) is 29.3 Å². The Bertz CT molecular complexity index is 1760. The van der Waals surface area contributed by atoms with Crippen molar-refractivity contribution in [3.63, 3.8) is 0 Å². The molecule has 0 radical (unpaired) electrons. The summed E-state index contributed by atoms with van der Waals surface area (Å²) in [6, 6.07) is 4.15. The van der Waals surface area contributed by atoms with Gasteiger partial charge in [0.15, 0.2) is 29.2 Å². The molecule has 3 aliphatic rings. The van der Waals surface area contributed by atoms with Gasteiger partial charge < -0.3 is 28.6 Å². The molecule has 0 aliphatic carbocycles. The normalized spacial score (nSPS) is 24.4. The second kappa shape index (κ2) is 13.5. The Hall–Kier alpha value is -3.95.